The van der Waals surface area contributed by atoms with E-state index in [4.69, 9.17) is 0 Å². The molecule has 0 amide bonds. The number of aromatic nitrogens is 3. The van der Waals surface area contributed by atoms with Crippen LogP contribution in [0.5, 0.6) is 0 Å². The van der Waals surface area contributed by atoms with Crippen molar-refractivity contribution < 1.29 is 0 Å². The number of nitrogens with one attached hydrogen (secondary N) is 2. The highest BCUT2D eigenvalue weighted by Gasteiger charge is 2.19. The first-order valence-electron chi connectivity index (χ1n) is 7.85. The van der Waals surface area contributed by atoms with Gasteiger partial charge in [0.2, 0.25) is 0 Å². The van der Waals surface area contributed by atoms with Crippen molar-refractivity contribution in [2.24, 2.45) is 5.92 Å². The summed E-state index contributed by atoms with van der Waals surface area (Å²) >= 11 is 0. The molecule has 0 bridgehead atoms. The van der Waals surface area contributed by atoms with E-state index in [-0.39, 0.29) is 12.0 Å². The largest absolute Gasteiger partial charge is 0.333 e. The Balaban J connectivity index is 3.10. The highest BCUT2D eigenvalue weighted by atomic mass is 16.2. The maximum Gasteiger partial charge on any atom is 0.333 e. The molecule has 0 saturated heterocycles. The van der Waals surface area contributed by atoms with Gasteiger partial charge >= 0.3 is 17.1 Å². The van der Waals surface area contributed by atoms with Gasteiger partial charge in [-0.25, -0.2) is 19.0 Å². The third-order valence-electron chi connectivity index (χ3n) is 3.66. The first-order valence-corrected chi connectivity index (χ1v) is 7.85. The monoisotopic (exact) mass is 319 g/mol. The zero-order valence-corrected chi connectivity index (χ0v) is 13.6. The van der Waals surface area contributed by atoms with Crippen LogP contribution in [-0.4, -0.2) is 14.5 Å². The summed E-state index contributed by atoms with van der Waals surface area (Å²) in [4.78, 5) is 39.4. The fraction of sp³-hybridized carbons (Fsp3) is 0.471. The number of rotatable bonds is 10. The van der Waals surface area contributed by atoms with Crippen molar-refractivity contribution in [2.75, 3.05) is 0 Å². The number of allylic oxidation sites excluding steroid dienone is 4. The lowest BCUT2D eigenvalue weighted by atomic mass is 9.91. The van der Waals surface area contributed by atoms with Crippen LogP contribution >= 0.6 is 0 Å². The first kappa shape index (κ1) is 18.7. The highest BCUT2D eigenvalue weighted by Crippen LogP contribution is 2.25. The summed E-state index contributed by atoms with van der Waals surface area (Å²) in [5.74, 6) is 0.262. The molecule has 0 aromatic carbocycles. The van der Waals surface area contributed by atoms with Crippen LogP contribution < -0.4 is 17.1 Å². The molecular formula is C17H25N3O3. The molecule has 6 heteroatoms. The van der Waals surface area contributed by atoms with Crippen LogP contribution in [0.3, 0.4) is 0 Å². The molecule has 0 fully saturated rings. The quantitative estimate of drug-likeness (QED) is 0.649. The molecule has 0 aliphatic rings. The van der Waals surface area contributed by atoms with E-state index in [9.17, 15) is 14.4 Å². The second-order valence-electron chi connectivity index (χ2n) is 5.48. The second kappa shape index (κ2) is 9.61. The fourth-order valence-corrected chi connectivity index (χ4v) is 2.63. The molecular weight excluding hydrogens is 294 g/mol. The zero-order chi connectivity index (χ0) is 17.2. The Bertz CT molecular complexity index is 675. The van der Waals surface area contributed by atoms with Gasteiger partial charge in [0, 0.05) is 6.04 Å². The van der Waals surface area contributed by atoms with Crippen LogP contribution in [0.1, 0.15) is 45.1 Å². The van der Waals surface area contributed by atoms with E-state index in [0.29, 0.717) is 12.8 Å². The van der Waals surface area contributed by atoms with Gasteiger partial charge in [-0.05, 0) is 38.0 Å². The smallest absolute Gasteiger partial charge is 0.259 e. The molecule has 1 heterocycles. The summed E-state index contributed by atoms with van der Waals surface area (Å²) in [5.41, 5.74) is -2.17. The fourth-order valence-electron chi connectivity index (χ4n) is 2.63. The van der Waals surface area contributed by atoms with Crippen LogP contribution in [0.15, 0.2) is 51.8 Å². The van der Waals surface area contributed by atoms with E-state index in [2.05, 4.69) is 42.2 Å². The number of hydrogen-bond donors (Lipinski definition) is 2. The summed E-state index contributed by atoms with van der Waals surface area (Å²) < 4.78 is 1.07. The standard InChI is InChI=1S/C17H25N3O3/c1-4-7-8-11-13(9-5-2)12-14(10-6-3)20-16(22)18-15(21)19-17(20)23/h5-8,13-14H,2-4,9-12H2,1H3,(H2,18,19,21,22,23). The van der Waals surface area contributed by atoms with Crippen molar-refractivity contribution in [1.82, 2.24) is 14.5 Å². The lowest BCUT2D eigenvalue weighted by Crippen LogP contribution is -2.45. The van der Waals surface area contributed by atoms with Gasteiger partial charge in [-0.1, -0.05) is 31.2 Å². The van der Waals surface area contributed by atoms with Crippen LogP contribution in [0.25, 0.3) is 0 Å². The Hall–Kier alpha value is -2.37. The van der Waals surface area contributed by atoms with Gasteiger partial charge in [-0.15, -0.1) is 13.2 Å². The third kappa shape index (κ3) is 5.73. The molecule has 0 aliphatic carbocycles. The van der Waals surface area contributed by atoms with Gasteiger partial charge in [0.1, 0.15) is 0 Å². The van der Waals surface area contributed by atoms with Crippen molar-refractivity contribution in [3.8, 4) is 0 Å². The van der Waals surface area contributed by atoms with Gasteiger partial charge < -0.3 is 0 Å². The molecule has 2 N–H and O–H groups in total. The average molecular weight is 319 g/mol. The number of aromatic amines is 2. The topological polar surface area (TPSA) is 87.7 Å². The third-order valence-corrected chi connectivity index (χ3v) is 3.66. The molecule has 2 atom stereocenters. The summed E-state index contributed by atoms with van der Waals surface area (Å²) in [5, 5.41) is 0. The van der Waals surface area contributed by atoms with Crippen molar-refractivity contribution >= 4 is 0 Å². The van der Waals surface area contributed by atoms with Gasteiger partial charge in [0.25, 0.3) is 0 Å². The lowest BCUT2D eigenvalue weighted by Gasteiger charge is -2.22. The highest BCUT2D eigenvalue weighted by molar-refractivity contribution is 4.89. The van der Waals surface area contributed by atoms with E-state index < -0.39 is 17.1 Å². The molecule has 1 rings (SSSR count). The van der Waals surface area contributed by atoms with Crippen molar-refractivity contribution in [2.45, 2.75) is 45.1 Å². The normalized spacial score (nSPS) is 13.8. The first-order chi connectivity index (χ1) is 11.0. The average Bonchev–Trinajstić information content (AvgIpc) is 2.46. The number of hydrogen-bond acceptors (Lipinski definition) is 3. The maximum absolute atomic E-state index is 12.0. The Morgan fingerprint density at radius 2 is 1.61 bits per heavy atom. The number of nitrogens with zero attached hydrogens (tertiary/aromatic N) is 1. The Morgan fingerprint density at radius 3 is 2.13 bits per heavy atom. The minimum Gasteiger partial charge on any atom is -0.259 e. The molecule has 1 aromatic heterocycles. The van der Waals surface area contributed by atoms with E-state index in [1.807, 2.05) is 6.08 Å². The predicted molar refractivity (Wildman–Crippen MR) is 92.8 cm³/mol. The molecule has 0 spiro atoms. The van der Waals surface area contributed by atoms with Crippen LogP contribution in [0.2, 0.25) is 0 Å². The van der Waals surface area contributed by atoms with Gasteiger partial charge in [0.05, 0.1) is 0 Å². The molecule has 1 aromatic rings. The van der Waals surface area contributed by atoms with Gasteiger partial charge in [0.15, 0.2) is 0 Å². The Labute approximate surface area is 135 Å². The van der Waals surface area contributed by atoms with Crippen LogP contribution in [0.4, 0.5) is 0 Å². The zero-order valence-electron chi connectivity index (χ0n) is 13.6. The SMILES string of the molecule is C=CCC(CC=CCC)CC(CC=C)n1c(=O)[nH]c(=O)[nH]c1=O. The summed E-state index contributed by atoms with van der Waals surface area (Å²) in [6.45, 7) is 9.54. The van der Waals surface area contributed by atoms with E-state index >= 15 is 0 Å². The molecule has 23 heavy (non-hydrogen) atoms. The van der Waals surface area contributed by atoms with E-state index in [1.54, 1.807) is 6.08 Å². The minimum atomic E-state index is -0.790. The van der Waals surface area contributed by atoms with Crippen molar-refractivity contribution in [3.63, 3.8) is 0 Å². The minimum absolute atomic E-state index is 0.262. The molecule has 0 aliphatic heterocycles. The van der Waals surface area contributed by atoms with Crippen molar-refractivity contribution in [3.05, 3.63) is 68.9 Å². The summed E-state index contributed by atoms with van der Waals surface area (Å²) in [6.07, 6.45) is 11.4. The molecule has 6 nitrogen and oxygen atoms in total. The summed E-state index contributed by atoms with van der Waals surface area (Å²) in [6, 6.07) is -0.347. The van der Waals surface area contributed by atoms with E-state index in [1.165, 1.54) is 0 Å². The van der Waals surface area contributed by atoms with E-state index in [0.717, 1.165) is 23.8 Å². The second-order valence-corrected chi connectivity index (χ2v) is 5.48. The van der Waals surface area contributed by atoms with Crippen LogP contribution in [-0.2, 0) is 0 Å². The van der Waals surface area contributed by atoms with Crippen molar-refractivity contribution in [1.29, 1.82) is 0 Å². The summed E-state index contributed by atoms with van der Waals surface area (Å²) in [7, 11) is 0. The van der Waals surface area contributed by atoms with Gasteiger partial charge in [-0.3, -0.25) is 9.97 Å². The molecule has 2 unspecified atom stereocenters. The van der Waals surface area contributed by atoms with Crippen LogP contribution in [0, 0.1) is 5.92 Å². The molecule has 0 saturated carbocycles. The lowest BCUT2D eigenvalue weighted by molar-refractivity contribution is 0.347. The Kier molecular flexibility index (Phi) is 7.80. The Morgan fingerprint density at radius 1 is 1.00 bits per heavy atom. The maximum atomic E-state index is 12.0. The molecule has 0 radical (unpaired) electrons. The number of H-pyrrole nitrogens is 2. The predicted octanol–water partition coefficient (Wildman–Crippen LogP) is 2.28. The molecule has 126 valence electrons. The van der Waals surface area contributed by atoms with Gasteiger partial charge in [-0.2, -0.15) is 0 Å².